The van der Waals surface area contributed by atoms with Crippen molar-refractivity contribution in [2.75, 3.05) is 39.8 Å². The number of benzene rings is 2. The minimum absolute atomic E-state index is 0.0114. The molecule has 1 aliphatic heterocycles. The van der Waals surface area contributed by atoms with Crippen LogP contribution in [0.4, 0.5) is 0 Å². The van der Waals surface area contributed by atoms with E-state index >= 15 is 0 Å². The monoisotopic (exact) mass is 481 g/mol. The van der Waals surface area contributed by atoms with Gasteiger partial charge in [0.05, 0.1) is 25.0 Å². The van der Waals surface area contributed by atoms with E-state index in [1.807, 2.05) is 77.6 Å². The quantitative estimate of drug-likeness (QED) is 0.467. The molecular weight excluding hydrogens is 450 g/mol. The summed E-state index contributed by atoms with van der Waals surface area (Å²) in [4.78, 5) is 16.5. The second-order valence-corrected chi connectivity index (χ2v) is 10.7. The fraction of sp³-hybridized carbons (Fsp3) is 0.360. The number of sulfonamides is 1. The van der Waals surface area contributed by atoms with Crippen molar-refractivity contribution in [1.82, 2.24) is 23.9 Å². The third-order valence-corrected chi connectivity index (χ3v) is 7.76. The summed E-state index contributed by atoms with van der Waals surface area (Å²) in [5.74, 6) is 0.00180. The van der Waals surface area contributed by atoms with Gasteiger partial charge in [0.1, 0.15) is 0 Å². The lowest BCUT2D eigenvalue weighted by atomic mass is 10.2. The predicted molar refractivity (Wildman–Crippen MR) is 131 cm³/mol. The fourth-order valence-corrected chi connectivity index (χ4v) is 5.65. The molecule has 1 fully saturated rings. The van der Waals surface area contributed by atoms with Gasteiger partial charge in [0.2, 0.25) is 15.9 Å². The van der Waals surface area contributed by atoms with Crippen LogP contribution in [0.2, 0.25) is 0 Å². The zero-order chi connectivity index (χ0) is 24.0. The number of likely N-dealkylation sites (N-methyl/N-ethyl adjacent to an activating group) is 1. The predicted octanol–water partition coefficient (Wildman–Crippen LogP) is 2.04. The first kappa shape index (κ1) is 24.1. The van der Waals surface area contributed by atoms with Crippen molar-refractivity contribution in [1.29, 1.82) is 0 Å². The van der Waals surface area contributed by atoms with Crippen molar-refractivity contribution in [3.05, 3.63) is 89.7 Å². The molecule has 1 amide bonds. The maximum absolute atomic E-state index is 12.8. The highest BCUT2D eigenvalue weighted by molar-refractivity contribution is 7.88. The molecule has 0 bridgehead atoms. The maximum Gasteiger partial charge on any atom is 0.236 e. The molecule has 0 atom stereocenters. The molecule has 9 heteroatoms. The van der Waals surface area contributed by atoms with Crippen molar-refractivity contribution < 1.29 is 13.2 Å². The van der Waals surface area contributed by atoms with Crippen LogP contribution in [0.5, 0.6) is 0 Å². The summed E-state index contributed by atoms with van der Waals surface area (Å²) in [5, 5.41) is 4.43. The van der Waals surface area contributed by atoms with Gasteiger partial charge in [-0.1, -0.05) is 60.7 Å². The first-order chi connectivity index (χ1) is 16.4. The van der Waals surface area contributed by atoms with Crippen LogP contribution in [-0.4, -0.2) is 78.0 Å². The van der Waals surface area contributed by atoms with E-state index in [0.717, 1.165) is 11.1 Å². The Labute approximate surface area is 201 Å². The van der Waals surface area contributed by atoms with E-state index in [9.17, 15) is 13.2 Å². The van der Waals surface area contributed by atoms with Gasteiger partial charge in [0.25, 0.3) is 0 Å². The highest BCUT2D eigenvalue weighted by Crippen LogP contribution is 2.14. The van der Waals surface area contributed by atoms with Crippen LogP contribution in [0.25, 0.3) is 0 Å². The molecule has 2 heterocycles. The molecule has 0 spiro atoms. The summed E-state index contributed by atoms with van der Waals surface area (Å²) >= 11 is 0. The van der Waals surface area contributed by atoms with Crippen LogP contribution < -0.4 is 0 Å². The van der Waals surface area contributed by atoms with Crippen molar-refractivity contribution >= 4 is 15.9 Å². The molecule has 2 aromatic carbocycles. The summed E-state index contributed by atoms with van der Waals surface area (Å²) in [6.45, 7) is 3.09. The van der Waals surface area contributed by atoms with Gasteiger partial charge in [-0.25, -0.2) is 8.42 Å². The summed E-state index contributed by atoms with van der Waals surface area (Å²) < 4.78 is 28.9. The lowest BCUT2D eigenvalue weighted by molar-refractivity contribution is -0.133. The van der Waals surface area contributed by atoms with Crippen LogP contribution in [0.3, 0.4) is 0 Å². The number of carbonyl (C=O) groups is 1. The molecule has 0 aliphatic carbocycles. The number of rotatable bonds is 9. The summed E-state index contributed by atoms with van der Waals surface area (Å²) in [7, 11) is -1.48. The SMILES string of the molecule is CN(CC(=O)N1CCN(S(=O)(=O)Cc2ccccc2)CC1)Cc1cnn(Cc2ccccc2)c1. The average Bonchev–Trinajstić information content (AvgIpc) is 3.26. The zero-order valence-corrected chi connectivity index (χ0v) is 20.3. The van der Waals surface area contributed by atoms with Gasteiger partial charge in [0, 0.05) is 44.5 Å². The van der Waals surface area contributed by atoms with E-state index in [2.05, 4.69) is 17.2 Å². The van der Waals surface area contributed by atoms with Crippen molar-refractivity contribution in [3.63, 3.8) is 0 Å². The van der Waals surface area contributed by atoms with Crippen LogP contribution in [0.1, 0.15) is 16.7 Å². The first-order valence-corrected chi connectivity index (χ1v) is 13.0. The number of amides is 1. The molecule has 3 aromatic rings. The number of nitrogens with zero attached hydrogens (tertiary/aromatic N) is 5. The molecule has 1 aromatic heterocycles. The smallest absolute Gasteiger partial charge is 0.236 e. The van der Waals surface area contributed by atoms with Gasteiger partial charge < -0.3 is 4.90 Å². The second-order valence-electron chi connectivity index (χ2n) is 8.73. The van der Waals surface area contributed by atoms with E-state index in [1.54, 1.807) is 4.90 Å². The topological polar surface area (TPSA) is 78.8 Å². The van der Waals surface area contributed by atoms with E-state index in [-0.39, 0.29) is 18.2 Å². The summed E-state index contributed by atoms with van der Waals surface area (Å²) in [6.07, 6.45) is 3.84. The van der Waals surface area contributed by atoms with Crippen molar-refractivity contribution in [2.45, 2.75) is 18.8 Å². The second kappa shape index (κ2) is 10.9. The lowest BCUT2D eigenvalue weighted by Gasteiger charge is -2.34. The van der Waals surface area contributed by atoms with E-state index in [4.69, 9.17) is 0 Å². The Balaban J connectivity index is 1.23. The molecule has 4 rings (SSSR count). The third kappa shape index (κ3) is 6.53. The Hall–Kier alpha value is -3.01. The molecule has 0 saturated carbocycles. The third-order valence-electron chi connectivity index (χ3n) is 5.91. The summed E-state index contributed by atoms with van der Waals surface area (Å²) in [6, 6.07) is 19.3. The minimum Gasteiger partial charge on any atom is -0.339 e. The van der Waals surface area contributed by atoms with Crippen LogP contribution >= 0.6 is 0 Å². The molecule has 34 heavy (non-hydrogen) atoms. The molecule has 1 saturated heterocycles. The maximum atomic E-state index is 12.8. The Bertz CT molecular complexity index is 1170. The Morgan fingerprint density at radius 3 is 2.18 bits per heavy atom. The van der Waals surface area contributed by atoms with Crippen LogP contribution in [0.15, 0.2) is 73.1 Å². The van der Waals surface area contributed by atoms with E-state index in [0.29, 0.717) is 39.3 Å². The largest absolute Gasteiger partial charge is 0.339 e. The van der Waals surface area contributed by atoms with E-state index in [1.165, 1.54) is 9.87 Å². The molecule has 0 unspecified atom stereocenters. The van der Waals surface area contributed by atoms with Gasteiger partial charge in [-0.3, -0.25) is 14.4 Å². The fourth-order valence-electron chi connectivity index (χ4n) is 4.14. The molecular formula is C25H31N5O3S. The lowest BCUT2D eigenvalue weighted by Crippen LogP contribution is -2.52. The molecule has 1 aliphatic rings. The highest BCUT2D eigenvalue weighted by Gasteiger charge is 2.29. The zero-order valence-electron chi connectivity index (χ0n) is 19.5. The van der Waals surface area contributed by atoms with Crippen molar-refractivity contribution in [2.24, 2.45) is 0 Å². The number of carbonyl (C=O) groups excluding carboxylic acids is 1. The molecule has 8 nitrogen and oxygen atoms in total. The Morgan fingerprint density at radius 2 is 1.53 bits per heavy atom. The van der Waals surface area contributed by atoms with Crippen LogP contribution in [-0.2, 0) is 33.7 Å². The van der Waals surface area contributed by atoms with Gasteiger partial charge in [0.15, 0.2) is 0 Å². The molecule has 180 valence electrons. The first-order valence-electron chi connectivity index (χ1n) is 11.4. The standard InChI is InChI=1S/C25H31N5O3S/c1-27(17-24-16-26-29(19-24)18-22-8-4-2-5-9-22)20-25(31)28-12-14-30(15-13-28)34(32,33)21-23-10-6-3-7-11-23/h2-11,16,19H,12-15,17-18,20-21H2,1H3. The minimum atomic E-state index is -3.39. The van der Waals surface area contributed by atoms with Crippen molar-refractivity contribution in [3.8, 4) is 0 Å². The van der Waals surface area contributed by atoms with Gasteiger partial charge in [-0.2, -0.15) is 9.40 Å². The average molecular weight is 482 g/mol. The molecule has 0 radical (unpaired) electrons. The number of hydrogen-bond donors (Lipinski definition) is 0. The van der Waals surface area contributed by atoms with Gasteiger partial charge >= 0.3 is 0 Å². The molecule has 0 N–H and O–H groups in total. The van der Waals surface area contributed by atoms with Gasteiger partial charge in [-0.05, 0) is 18.2 Å². The summed E-state index contributed by atoms with van der Waals surface area (Å²) in [5.41, 5.74) is 3.00. The van der Waals surface area contributed by atoms with Crippen LogP contribution in [0, 0.1) is 0 Å². The Morgan fingerprint density at radius 1 is 0.912 bits per heavy atom. The normalized spacial score (nSPS) is 15.1. The van der Waals surface area contributed by atoms with E-state index < -0.39 is 10.0 Å². The number of hydrogen-bond acceptors (Lipinski definition) is 5. The number of aromatic nitrogens is 2. The Kier molecular flexibility index (Phi) is 7.77. The number of piperazine rings is 1. The van der Waals surface area contributed by atoms with Gasteiger partial charge in [-0.15, -0.1) is 0 Å². The highest BCUT2D eigenvalue weighted by atomic mass is 32.2.